The first-order valence-corrected chi connectivity index (χ1v) is 16.3. The van der Waals surface area contributed by atoms with Crippen LogP contribution in [-0.4, -0.2) is 98.1 Å². The number of aromatic nitrogens is 2. The van der Waals surface area contributed by atoms with E-state index in [4.69, 9.17) is 0 Å². The molecular formula is C31H34N8O5S. The first kappa shape index (κ1) is 30.4. The van der Waals surface area contributed by atoms with Crippen LogP contribution >= 0.6 is 0 Å². The van der Waals surface area contributed by atoms with E-state index >= 15 is 0 Å². The Morgan fingerprint density at radius 2 is 1.84 bits per heavy atom. The molecule has 1 atom stereocenters. The summed E-state index contributed by atoms with van der Waals surface area (Å²) in [6, 6.07) is 15.6. The number of aryl methyl sites for hydroxylation is 1. The molecule has 3 aromatic rings. The third-order valence-electron chi connectivity index (χ3n) is 8.49. The van der Waals surface area contributed by atoms with Gasteiger partial charge in [0.2, 0.25) is 16.0 Å². The molecule has 0 bridgehead atoms. The van der Waals surface area contributed by atoms with Crippen molar-refractivity contribution in [3.63, 3.8) is 0 Å². The molecule has 0 unspecified atom stereocenters. The zero-order chi connectivity index (χ0) is 31.7. The van der Waals surface area contributed by atoms with Crippen LogP contribution in [-0.2, 0) is 21.2 Å². The first-order chi connectivity index (χ1) is 21.6. The Morgan fingerprint density at radius 1 is 1.04 bits per heavy atom. The Labute approximate surface area is 261 Å². The topological polar surface area (TPSA) is 163 Å². The maximum absolute atomic E-state index is 13.7. The van der Waals surface area contributed by atoms with Gasteiger partial charge in [0.15, 0.2) is 0 Å². The summed E-state index contributed by atoms with van der Waals surface area (Å²) in [5.74, 6) is -0.639. The predicted molar refractivity (Wildman–Crippen MR) is 167 cm³/mol. The van der Waals surface area contributed by atoms with Gasteiger partial charge in [-0.15, -0.1) is 0 Å². The largest absolute Gasteiger partial charge is 0.481 e. The molecule has 2 aromatic carbocycles. The average molecular weight is 631 g/mol. The van der Waals surface area contributed by atoms with Crippen LogP contribution in [0, 0.1) is 18.3 Å². The highest BCUT2D eigenvalue weighted by atomic mass is 32.2. The minimum Gasteiger partial charge on any atom is -0.481 e. The number of nitrogens with one attached hydrogen (secondary N) is 1. The number of carboxylic acid groups (broad SMARTS) is 1. The molecule has 0 spiro atoms. The van der Waals surface area contributed by atoms with Crippen LogP contribution in [0.5, 0.6) is 0 Å². The van der Waals surface area contributed by atoms with Gasteiger partial charge in [-0.1, -0.05) is 6.07 Å². The summed E-state index contributed by atoms with van der Waals surface area (Å²) in [5.41, 5.74) is 3.71. The number of sulfonamides is 1. The summed E-state index contributed by atoms with van der Waals surface area (Å²) in [6.45, 7) is 5.41. The molecule has 234 valence electrons. The molecular weight excluding hydrogens is 596 g/mol. The number of hydrogen-bond acceptors (Lipinski definition) is 10. The molecule has 0 radical (unpaired) electrons. The molecule has 6 rings (SSSR count). The van der Waals surface area contributed by atoms with Gasteiger partial charge in [0.25, 0.3) is 5.91 Å². The zero-order valence-corrected chi connectivity index (χ0v) is 25.7. The Kier molecular flexibility index (Phi) is 8.41. The van der Waals surface area contributed by atoms with E-state index in [2.05, 4.69) is 15.3 Å². The Balaban J connectivity index is 1.15. The fourth-order valence-electron chi connectivity index (χ4n) is 6.24. The molecule has 2 fully saturated rings. The van der Waals surface area contributed by atoms with Crippen LogP contribution in [0.15, 0.2) is 53.4 Å². The van der Waals surface area contributed by atoms with Crippen molar-refractivity contribution in [1.82, 2.24) is 19.6 Å². The smallest absolute Gasteiger partial charge is 0.305 e. The number of aliphatic carboxylic acids is 1. The van der Waals surface area contributed by atoms with Gasteiger partial charge in [0, 0.05) is 75.0 Å². The summed E-state index contributed by atoms with van der Waals surface area (Å²) in [4.78, 5) is 39.6. The van der Waals surface area contributed by atoms with E-state index < -0.39 is 16.0 Å². The van der Waals surface area contributed by atoms with Gasteiger partial charge in [-0.25, -0.2) is 18.4 Å². The summed E-state index contributed by atoms with van der Waals surface area (Å²) < 4.78 is 28.7. The van der Waals surface area contributed by atoms with E-state index in [1.165, 1.54) is 4.31 Å². The molecule has 0 saturated carbocycles. The third-order valence-corrected chi connectivity index (χ3v) is 10.4. The van der Waals surface area contributed by atoms with Crippen molar-refractivity contribution in [2.45, 2.75) is 30.7 Å². The molecule has 1 aromatic heterocycles. The maximum atomic E-state index is 13.7. The van der Waals surface area contributed by atoms with Crippen molar-refractivity contribution in [2.75, 3.05) is 67.1 Å². The van der Waals surface area contributed by atoms with Gasteiger partial charge < -0.3 is 25.1 Å². The van der Waals surface area contributed by atoms with E-state index in [9.17, 15) is 28.4 Å². The minimum atomic E-state index is -3.77. The Hall–Kier alpha value is -4.58. The summed E-state index contributed by atoms with van der Waals surface area (Å²) in [7, 11) is -3.77. The normalized spacial score (nSPS) is 18.8. The summed E-state index contributed by atoms with van der Waals surface area (Å²) in [6.07, 6.45) is 0.526. The van der Waals surface area contributed by atoms with E-state index in [0.29, 0.717) is 62.0 Å². The maximum Gasteiger partial charge on any atom is 0.305 e. The number of nitriles is 1. The van der Waals surface area contributed by atoms with Crippen molar-refractivity contribution in [3.05, 3.63) is 71.0 Å². The second-order valence-corrected chi connectivity index (χ2v) is 13.3. The van der Waals surface area contributed by atoms with Gasteiger partial charge in [-0.2, -0.15) is 9.57 Å². The highest BCUT2D eigenvalue weighted by Crippen LogP contribution is 2.33. The van der Waals surface area contributed by atoms with Gasteiger partial charge in [-0.05, 0) is 61.4 Å². The standard InChI is InChI=1S/C31H34N8O5S/c1-21-15-24(19-32)35-31(34-21)36-11-13-37(14-12-36)45(43,44)27-5-6-28-22(17-27)7-9-39(28)30(42)23-3-2-4-25(16-23)38-10-8-33-20-26(38)18-29(40)41/h2-6,15-17,26,33H,7-14,18,20H2,1H3,(H,40,41)/t26-/m1/s1. The van der Waals surface area contributed by atoms with Crippen LogP contribution in [0.25, 0.3) is 0 Å². The molecule has 14 heteroatoms. The van der Waals surface area contributed by atoms with Crippen LogP contribution < -0.4 is 20.0 Å². The molecule has 4 heterocycles. The highest BCUT2D eigenvalue weighted by Gasteiger charge is 2.33. The number of carboxylic acids is 1. The average Bonchev–Trinajstić information content (AvgIpc) is 3.47. The fraction of sp³-hybridized carbons (Fsp3) is 0.387. The lowest BCUT2D eigenvalue weighted by Crippen LogP contribution is -2.52. The zero-order valence-electron chi connectivity index (χ0n) is 24.9. The van der Waals surface area contributed by atoms with E-state index in [-0.39, 0.29) is 42.0 Å². The van der Waals surface area contributed by atoms with Crippen molar-refractivity contribution in [1.29, 1.82) is 5.26 Å². The highest BCUT2D eigenvalue weighted by molar-refractivity contribution is 7.89. The van der Waals surface area contributed by atoms with Crippen LogP contribution in [0.1, 0.15) is 33.7 Å². The number of hydrogen-bond donors (Lipinski definition) is 2. The number of anilines is 3. The van der Waals surface area contributed by atoms with Gasteiger partial charge in [0.05, 0.1) is 17.4 Å². The molecule has 2 saturated heterocycles. The lowest BCUT2D eigenvalue weighted by atomic mass is 10.1. The SMILES string of the molecule is Cc1cc(C#N)nc(N2CCN(S(=O)(=O)c3ccc4c(c3)CCN4C(=O)c3cccc(N4CCNC[C@H]4CC(=O)O)c3)CC2)n1. The second kappa shape index (κ2) is 12.4. The van der Waals surface area contributed by atoms with E-state index in [0.717, 1.165) is 17.8 Å². The molecule has 45 heavy (non-hydrogen) atoms. The Morgan fingerprint density at radius 3 is 2.60 bits per heavy atom. The number of benzene rings is 2. The number of carbonyl (C=O) groups excluding carboxylic acids is 1. The van der Waals surface area contributed by atoms with Crippen LogP contribution in [0.2, 0.25) is 0 Å². The molecule has 3 aliphatic rings. The number of fused-ring (bicyclic) bond motifs is 1. The number of carbonyl (C=O) groups is 2. The van der Waals surface area contributed by atoms with E-state index in [1.54, 1.807) is 42.2 Å². The minimum absolute atomic E-state index is 0.00405. The first-order valence-electron chi connectivity index (χ1n) is 14.9. The molecule has 0 aliphatic carbocycles. The van der Waals surface area contributed by atoms with Crippen LogP contribution in [0.4, 0.5) is 17.3 Å². The quantitative estimate of drug-likeness (QED) is 0.390. The number of amides is 1. The summed E-state index contributed by atoms with van der Waals surface area (Å²) in [5, 5.41) is 21.8. The number of nitrogens with zero attached hydrogens (tertiary/aromatic N) is 7. The van der Waals surface area contributed by atoms with Crippen molar-refractivity contribution >= 4 is 39.2 Å². The van der Waals surface area contributed by atoms with Gasteiger partial charge >= 0.3 is 5.97 Å². The number of rotatable bonds is 7. The van der Waals surface area contributed by atoms with Crippen molar-refractivity contribution in [2.24, 2.45) is 0 Å². The molecule has 1 amide bonds. The lowest BCUT2D eigenvalue weighted by molar-refractivity contribution is -0.137. The van der Waals surface area contributed by atoms with Crippen molar-refractivity contribution in [3.8, 4) is 6.07 Å². The lowest BCUT2D eigenvalue weighted by Gasteiger charge is -2.37. The van der Waals surface area contributed by atoms with Gasteiger partial charge in [-0.3, -0.25) is 9.59 Å². The second-order valence-electron chi connectivity index (χ2n) is 11.4. The Bertz CT molecular complexity index is 1780. The van der Waals surface area contributed by atoms with Crippen LogP contribution in [0.3, 0.4) is 0 Å². The summed E-state index contributed by atoms with van der Waals surface area (Å²) >= 11 is 0. The molecule has 2 N–H and O–H groups in total. The molecule has 13 nitrogen and oxygen atoms in total. The monoisotopic (exact) mass is 630 g/mol. The predicted octanol–water partition coefficient (Wildman–Crippen LogP) is 1.62. The number of piperazine rings is 2. The third kappa shape index (κ3) is 6.19. The van der Waals surface area contributed by atoms with Crippen molar-refractivity contribution < 1.29 is 23.1 Å². The van der Waals surface area contributed by atoms with E-state index in [1.807, 2.05) is 34.1 Å². The molecule has 3 aliphatic heterocycles. The van der Waals surface area contributed by atoms with Gasteiger partial charge in [0.1, 0.15) is 11.8 Å². The fourth-order valence-corrected chi connectivity index (χ4v) is 7.71.